The Labute approximate surface area is 125 Å². The molecule has 1 saturated heterocycles. The van der Waals surface area contributed by atoms with Crippen LogP contribution in [-0.4, -0.2) is 48.9 Å². The second-order valence-corrected chi connectivity index (χ2v) is 5.33. The van der Waals surface area contributed by atoms with Crippen molar-refractivity contribution in [2.24, 2.45) is 5.92 Å². The van der Waals surface area contributed by atoms with Crippen LogP contribution in [0.25, 0.3) is 0 Å². The minimum atomic E-state index is -0.0163. The van der Waals surface area contributed by atoms with Crippen molar-refractivity contribution in [1.82, 2.24) is 10.2 Å². The maximum Gasteiger partial charge on any atom is 0.317 e. The summed E-state index contributed by atoms with van der Waals surface area (Å²) in [6.07, 6.45) is 4.17. The first kappa shape index (κ1) is 15.9. The zero-order valence-electron chi connectivity index (χ0n) is 12.3. The number of likely N-dealkylation sites (tertiary alicyclic amines) is 1. The van der Waals surface area contributed by atoms with Gasteiger partial charge in [-0.3, -0.25) is 0 Å². The van der Waals surface area contributed by atoms with E-state index in [0.29, 0.717) is 25.7 Å². The monoisotopic (exact) mass is 296 g/mol. The maximum atomic E-state index is 11.9. The molecule has 1 fully saturated rings. The summed E-state index contributed by atoms with van der Waals surface area (Å²) in [6, 6.07) is 3.69. The number of ether oxygens (including phenoxy) is 1. The number of urea groups is 1. The van der Waals surface area contributed by atoms with E-state index in [4.69, 9.17) is 14.3 Å². The number of nitrogens with one attached hydrogen (secondary N) is 1. The van der Waals surface area contributed by atoms with Gasteiger partial charge in [0.15, 0.2) is 0 Å². The summed E-state index contributed by atoms with van der Waals surface area (Å²) in [5, 5.41) is 12.0. The Balaban J connectivity index is 1.49. The molecule has 2 heterocycles. The van der Waals surface area contributed by atoms with Gasteiger partial charge in [-0.15, -0.1) is 0 Å². The number of amides is 2. The Morgan fingerprint density at radius 2 is 2.29 bits per heavy atom. The van der Waals surface area contributed by atoms with Gasteiger partial charge < -0.3 is 24.5 Å². The predicted molar refractivity (Wildman–Crippen MR) is 77.8 cm³/mol. The summed E-state index contributed by atoms with van der Waals surface area (Å²) in [7, 11) is 0. The van der Waals surface area contributed by atoms with Crippen molar-refractivity contribution >= 4 is 6.03 Å². The van der Waals surface area contributed by atoms with E-state index in [2.05, 4.69) is 5.32 Å². The second kappa shape index (κ2) is 8.69. The topological polar surface area (TPSA) is 74.9 Å². The quantitative estimate of drug-likeness (QED) is 0.749. The largest absolute Gasteiger partial charge is 0.467 e. The molecule has 0 bridgehead atoms. The third-order valence-electron chi connectivity index (χ3n) is 3.73. The van der Waals surface area contributed by atoms with Crippen LogP contribution in [0.3, 0.4) is 0 Å². The van der Waals surface area contributed by atoms with Gasteiger partial charge in [0, 0.05) is 32.8 Å². The van der Waals surface area contributed by atoms with E-state index in [9.17, 15) is 4.79 Å². The number of hydrogen-bond donors (Lipinski definition) is 2. The molecule has 118 valence electrons. The smallest absolute Gasteiger partial charge is 0.317 e. The van der Waals surface area contributed by atoms with E-state index in [1.807, 2.05) is 17.0 Å². The average Bonchev–Trinajstić information content (AvgIpc) is 3.04. The van der Waals surface area contributed by atoms with Crippen LogP contribution in [0.2, 0.25) is 0 Å². The van der Waals surface area contributed by atoms with Crippen molar-refractivity contribution in [3.8, 4) is 0 Å². The Bertz CT molecular complexity index is 400. The maximum absolute atomic E-state index is 11.9. The normalized spacial score (nSPS) is 16.1. The van der Waals surface area contributed by atoms with Gasteiger partial charge in [0.2, 0.25) is 0 Å². The molecule has 0 aliphatic carbocycles. The lowest BCUT2D eigenvalue weighted by Gasteiger charge is -2.31. The molecule has 0 aromatic carbocycles. The summed E-state index contributed by atoms with van der Waals surface area (Å²) >= 11 is 0. The van der Waals surface area contributed by atoms with Crippen LogP contribution in [0.15, 0.2) is 22.8 Å². The number of nitrogens with zero attached hydrogens (tertiary/aromatic N) is 1. The highest BCUT2D eigenvalue weighted by Gasteiger charge is 2.21. The Morgan fingerprint density at radius 1 is 1.48 bits per heavy atom. The lowest BCUT2D eigenvalue weighted by atomic mass is 9.98. The van der Waals surface area contributed by atoms with Gasteiger partial charge in [0.05, 0.1) is 6.26 Å². The molecule has 1 aromatic rings. The third-order valence-corrected chi connectivity index (χ3v) is 3.73. The molecular formula is C15H24N2O4. The fourth-order valence-corrected chi connectivity index (χ4v) is 2.37. The fraction of sp³-hybridized carbons (Fsp3) is 0.667. The van der Waals surface area contributed by atoms with E-state index in [0.717, 1.165) is 38.1 Å². The Kier molecular flexibility index (Phi) is 6.56. The number of furan rings is 1. The van der Waals surface area contributed by atoms with E-state index >= 15 is 0 Å². The second-order valence-electron chi connectivity index (χ2n) is 5.33. The van der Waals surface area contributed by atoms with E-state index in [1.54, 1.807) is 6.26 Å². The standard InChI is InChI=1S/C15H24N2O4/c18-11-13-4-7-17(8-5-13)15(19)16-6-2-9-20-12-14-3-1-10-21-14/h1,3,10,13,18H,2,4-9,11-12H2,(H,16,19). The molecule has 1 aliphatic heterocycles. The van der Waals surface area contributed by atoms with Gasteiger partial charge in [0.25, 0.3) is 0 Å². The average molecular weight is 296 g/mol. The molecule has 0 atom stereocenters. The lowest BCUT2D eigenvalue weighted by Crippen LogP contribution is -2.45. The zero-order valence-corrected chi connectivity index (χ0v) is 12.3. The first-order valence-electron chi connectivity index (χ1n) is 7.53. The van der Waals surface area contributed by atoms with E-state index < -0.39 is 0 Å². The van der Waals surface area contributed by atoms with Crippen LogP contribution >= 0.6 is 0 Å². The van der Waals surface area contributed by atoms with Crippen LogP contribution in [0.5, 0.6) is 0 Å². The first-order valence-corrected chi connectivity index (χ1v) is 7.53. The molecule has 2 N–H and O–H groups in total. The zero-order chi connectivity index (χ0) is 14.9. The molecule has 1 aliphatic rings. The summed E-state index contributed by atoms with van der Waals surface area (Å²) in [5.74, 6) is 1.16. The molecule has 2 rings (SSSR count). The molecule has 21 heavy (non-hydrogen) atoms. The fourth-order valence-electron chi connectivity index (χ4n) is 2.37. The third kappa shape index (κ3) is 5.40. The predicted octanol–water partition coefficient (Wildman–Crippen LogP) is 1.60. The highest BCUT2D eigenvalue weighted by molar-refractivity contribution is 5.74. The highest BCUT2D eigenvalue weighted by atomic mass is 16.5. The Hall–Kier alpha value is -1.53. The van der Waals surface area contributed by atoms with Crippen LogP contribution in [-0.2, 0) is 11.3 Å². The minimum Gasteiger partial charge on any atom is -0.467 e. The first-order chi connectivity index (χ1) is 10.3. The van der Waals surface area contributed by atoms with Crippen LogP contribution < -0.4 is 5.32 Å². The molecule has 0 radical (unpaired) electrons. The minimum absolute atomic E-state index is 0.0163. The van der Waals surface area contributed by atoms with Gasteiger partial charge in [-0.05, 0) is 37.3 Å². The number of aliphatic hydroxyl groups is 1. The summed E-state index contributed by atoms with van der Waals surface area (Å²) < 4.78 is 10.6. The number of carbonyl (C=O) groups is 1. The molecule has 2 amide bonds. The Morgan fingerprint density at radius 3 is 2.95 bits per heavy atom. The van der Waals surface area contributed by atoms with Crippen LogP contribution in [0.1, 0.15) is 25.0 Å². The van der Waals surface area contributed by atoms with Crippen LogP contribution in [0.4, 0.5) is 4.79 Å². The number of carbonyl (C=O) groups excluding carboxylic acids is 1. The summed E-state index contributed by atoms with van der Waals surface area (Å²) in [5.41, 5.74) is 0. The SMILES string of the molecule is O=C(NCCCOCc1ccco1)N1CCC(CO)CC1. The van der Waals surface area contributed by atoms with Gasteiger partial charge in [-0.25, -0.2) is 4.79 Å². The molecule has 0 saturated carbocycles. The summed E-state index contributed by atoms with van der Waals surface area (Å²) in [4.78, 5) is 13.7. The highest BCUT2D eigenvalue weighted by Crippen LogP contribution is 2.16. The van der Waals surface area contributed by atoms with E-state index in [1.165, 1.54) is 0 Å². The molecule has 6 heteroatoms. The lowest BCUT2D eigenvalue weighted by molar-refractivity contribution is 0.103. The summed E-state index contributed by atoms with van der Waals surface area (Å²) in [6.45, 7) is 3.35. The molecule has 6 nitrogen and oxygen atoms in total. The molecule has 0 spiro atoms. The van der Waals surface area contributed by atoms with Crippen molar-refractivity contribution in [3.05, 3.63) is 24.2 Å². The van der Waals surface area contributed by atoms with Gasteiger partial charge >= 0.3 is 6.03 Å². The molecular weight excluding hydrogens is 272 g/mol. The molecule has 1 aromatic heterocycles. The van der Waals surface area contributed by atoms with Gasteiger partial charge in [0.1, 0.15) is 12.4 Å². The number of hydrogen-bond acceptors (Lipinski definition) is 4. The van der Waals surface area contributed by atoms with E-state index in [-0.39, 0.29) is 12.6 Å². The number of piperidine rings is 1. The van der Waals surface area contributed by atoms with Crippen molar-refractivity contribution in [2.45, 2.75) is 25.9 Å². The molecule has 0 unspecified atom stereocenters. The van der Waals surface area contributed by atoms with Crippen molar-refractivity contribution in [1.29, 1.82) is 0 Å². The number of rotatable bonds is 7. The van der Waals surface area contributed by atoms with Crippen LogP contribution in [0, 0.1) is 5.92 Å². The van der Waals surface area contributed by atoms with Crippen molar-refractivity contribution in [3.63, 3.8) is 0 Å². The van der Waals surface area contributed by atoms with Gasteiger partial charge in [-0.1, -0.05) is 0 Å². The van der Waals surface area contributed by atoms with Crippen molar-refractivity contribution < 1.29 is 19.1 Å². The van der Waals surface area contributed by atoms with Crippen molar-refractivity contribution in [2.75, 3.05) is 32.8 Å². The number of aliphatic hydroxyl groups excluding tert-OH is 1. The van der Waals surface area contributed by atoms with Gasteiger partial charge in [-0.2, -0.15) is 0 Å².